The van der Waals surface area contributed by atoms with Gasteiger partial charge in [0.1, 0.15) is 0 Å². The number of hydrogen-bond donors (Lipinski definition) is 2. The Morgan fingerprint density at radius 1 is 1.60 bits per heavy atom. The van der Waals surface area contributed by atoms with Crippen LogP contribution in [-0.4, -0.2) is 14.5 Å². The van der Waals surface area contributed by atoms with Crippen LogP contribution in [0.25, 0.3) is 0 Å². The zero-order valence-corrected chi connectivity index (χ0v) is 10.1. The number of thiophene rings is 1. The number of primary sulfonamides is 1. The Morgan fingerprint density at radius 3 is 2.73 bits per heavy atom. The summed E-state index contributed by atoms with van der Waals surface area (Å²) in [7, 11) is -3.55. The summed E-state index contributed by atoms with van der Waals surface area (Å²) >= 11 is 1.49. The smallest absolute Gasteiger partial charge is 0.239 e. The highest BCUT2D eigenvalue weighted by molar-refractivity contribution is 7.89. The SMILES string of the molecule is Cc1sc(CNC2CC2)cc1S(N)(=O)=O. The van der Waals surface area contributed by atoms with Crippen LogP contribution in [0.5, 0.6) is 0 Å². The molecule has 1 fully saturated rings. The van der Waals surface area contributed by atoms with E-state index in [2.05, 4.69) is 5.32 Å². The van der Waals surface area contributed by atoms with E-state index < -0.39 is 10.0 Å². The molecular formula is C9H14N2O2S2. The van der Waals surface area contributed by atoms with Gasteiger partial charge < -0.3 is 5.32 Å². The van der Waals surface area contributed by atoms with E-state index in [-0.39, 0.29) is 4.90 Å². The summed E-state index contributed by atoms with van der Waals surface area (Å²) in [5.41, 5.74) is 0. The van der Waals surface area contributed by atoms with Gasteiger partial charge in [-0.05, 0) is 25.8 Å². The van der Waals surface area contributed by atoms with Crippen LogP contribution in [0.2, 0.25) is 0 Å². The lowest BCUT2D eigenvalue weighted by molar-refractivity contribution is 0.597. The molecule has 3 N–H and O–H groups in total. The minimum absolute atomic E-state index is 0.264. The average molecular weight is 246 g/mol. The highest BCUT2D eigenvalue weighted by Gasteiger charge is 2.21. The van der Waals surface area contributed by atoms with Gasteiger partial charge in [-0.15, -0.1) is 11.3 Å². The van der Waals surface area contributed by atoms with Gasteiger partial charge in [0.25, 0.3) is 0 Å². The molecular weight excluding hydrogens is 232 g/mol. The van der Waals surface area contributed by atoms with Gasteiger partial charge in [-0.3, -0.25) is 0 Å². The molecule has 0 saturated heterocycles. The minimum atomic E-state index is -3.55. The molecule has 1 aliphatic carbocycles. The maximum Gasteiger partial charge on any atom is 0.239 e. The van der Waals surface area contributed by atoms with Crippen molar-refractivity contribution in [3.8, 4) is 0 Å². The molecule has 1 aromatic heterocycles. The Hall–Kier alpha value is -0.430. The van der Waals surface area contributed by atoms with Crippen LogP contribution in [-0.2, 0) is 16.6 Å². The molecule has 1 saturated carbocycles. The third kappa shape index (κ3) is 2.78. The van der Waals surface area contributed by atoms with E-state index in [0.717, 1.165) is 16.3 Å². The molecule has 0 aromatic carbocycles. The lowest BCUT2D eigenvalue weighted by Gasteiger charge is -1.97. The van der Waals surface area contributed by atoms with Crippen LogP contribution in [0.1, 0.15) is 22.6 Å². The molecule has 6 heteroatoms. The van der Waals surface area contributed by atoms with Gasteiger partial charge in [0.2, 0.25) is 10.0 Å². The monoisotopic (exact) mass is 246 g/mol. The second kappa shape index (κ2) is 3.86. The maximum absolute atomic E-state index is 11.2. The molecule has 1 heterocycles. The van der Waals surface area contributed by atoms with Gasteiger partial charge in [0, 0.05) is 22.3 Å². The quantitative estimate of drug-likeness (QED) is 0.831. The molecule has 0 unspecified atom stereocenters. The zero-order chi connectivity index (χ0) is 11.1. The fourth-order valence-corrected chi connectivity index (χ4v) is 3.57. The van der Waals surface area contributed by atoms with Crippen LogP contribution < -0.4 is 10.5 Å². The molecule has 0 bridgehead atoms. The van der Waals surface area contributed by atoms with Gasteiger partial charge in [-0.1, -0.05) is 0 Å². The van der Waals surface area contributed by atoms with E-state index in [1.807, 2.05) is 0 Å². The van der Waals surface area contributed by atoms with Gasteiger partial charge in [0.05, 0.1) is 4.90 Å². The van der Waals surface area contributed by atoms with E-state index in [1.54, 1.807) is 13.0 Å². The summed E-state index contributed by atoms with van der Waals surface area (Å²) in [6.45, 7) is 2.52. The normalized spacial score (nSPS) is 16.9. The number of hydrogen-bond acceptors (Lipinski definition) is 4. The third-order valence-electron chi connectivity index (χ3n) is 2.37. The Labute approximate surface area is 93.5 Å². The predicted molar refractivity (Wildman–Crippen MR) is 60.3 cm³/mol. The summed E-state index contributed by atoms with van der Waals surface area (Å²) in [6, 6.07) is 2.30. The Bertz CT molecular complexity index is 460. The van der Waals surface area contributed by atoms with Crippen molar-refractivity contribution in [2.75, 3.05) is 0 Å². The minimum Gasteiger partial charge on any atom is -0.309 e. The lowest BCUT2D eigenvalue weighted by atomic mass is 10.4. The molecule has 4 nitrogen and oxygen atoms in total. The molecule has 0 amide bonds. The van der Waals surface area contributed by atoms with Crippen LogP contribution in [0.4, 0.5) is 0 Å². The molecule has 15 heavy (non-hydrogen) atoms. The second-order valence-electron chi connectivity index (χ2n) is 3.83. The number of aryl methyl sites for hydroxylation is 1. The topological polar surface area (TPSA) is 72.2 Å². The van der Waals surface area contributed by atoms with Gasteiger partial charge in [-0.2, -0.15) is 0 Å². The Morgan fingerprint density at radius 2 is 2.27 bits per heavy atom. The van der Waals surface area contributed by atoms with Crippen molar-refractivity contribution in [2.45, 2.75) is 37.2 Å². The van der Waals surface area contributed by atoms with Gasteiger partial charge in [-0.25, -0.2) is 13.6 Å². The van der Waals surface area contributed by atoms with Crippen molar-refractivity contribution in [2.24, 2.45) is 5.14 Å². The molecule has 0 spiro atoms. The number of nitrogens with one attached hydrogen (secondary N) is 1. The van der Waals surface area contributed by atoms with Crippen LogP contribution in [0.3, 0.4) is 0 Å². The summed E-state index contributed by atoms with van der Waals surface area (Å²) in [5.74, 6) is 0. The fourth-order valence-electron chi connectivity index (χ4n) is 1.43. The zero-order valence-electron chi connectivity index (χ0n) is 8.49. The molecule has 0 atom stereocenters. The van der Waals surface area contributed by atoms with Crippen LogP contribution in [0.15, 0.2) is 11.0 Å². The van der Waals surface area contributed by atoms with E-state index in [9.17, 15) is 8.42 Å². The number of nitrogens with two attached hydrogens (primary N) is 1. The molecule has 1 aromatic rings. The summed E-state index contributed by atoms with van der Waals surface area (Å²) in [6.07, 6.45) is 2.46. The highest BCUT2D eigenvalue weighted by Crippen LogP contribution is 2.26. The largest absolute Gasteiger partial charge is 0.309 e. The summed E-state index contributed by atoms with van der Waals surface area (Å²) < 4.78 is 22.4. The van der Waals surface area contributed by atoms with Crippen LogP contribution in [0, 0.1) is 6.92 Å². The van der Waals surface area contributed by atoms with Crippen molar-refractivity contribution in [3.63, 3.8) is 0 Å². The van der Waals surface area contributed by atoms with Gasteiger partial charge in [0.15, 0.2) is 0 Å². The van der Waals surface area contributed by atoms with Crippen molar-refractivity contribution >= 4 is 21.4 Å². The predicted octanol–water partition coefficient (Wildman–Crippen LogP) is 0.956. The maximum atomic E-state index is 11.2. The van der Waals surface area contributed by atoms with Crippen molar-refractivity contribution < 1.29 is 8.42 Å². The van der Waals surface area contributed by atoms with Crippen molar-refractivity contribution in [1.29, 1.82) is 0 Å². The standard InChI is InChI=1S/C9H14N2O2S2/c1-6-9(15(10,12)13)4-8(14-6)5-11-7-2-3-7/h4,7,11H,2-3,5H2,1H3,(H2,10,12,13). The molecule has 84 valence electrons. The first kappa shape index (κ1) is 11.1. The fraction of sp³-hybridized carbons (Fsp3) is 0.556. The molecule has 0 radical (unpaired) electrons. The first-order valence-corrected chi connectivity index (χ1v) is 7.18. The average Bonchev–Trinajstić information content (AvgIpc) is 2.85. The highest BCUT2D eigenvalue weighted by atomic mass is 32.2. The van der Waals surface area contributed by atoms with Crippen LogP contribution >= 0.6 is 11.3 Å². The second-order valence-corrected chi connectivity index (χ2v) is 6.70. The Balaban J connectivity index is 2.13. The number of rotatable bonds is 4. The summed E-state index contributed by atoms with van der Waals surface area (Å²) in [4.78, 5) is 2.06. The van der Waals surface area contributed by atoms with Crippen molar-refractivity contribution in [3.05, 3.63) is 15.8 Å². The lowest BCUT2D eigenvalue weighted by Crippen LogP contribution is -2.14. The Kier molecular flexibility index (Phi) is 2.85. The third-order valence-corrected chi connectivity index (χ3v) is 4.59. The van der Waals surface area contributed by atoms with E-state index >= 15 is 0 Å². The van der Waals surface area contributed by atoms with Crippen molar-refractivity contribution in [1.82, 2.24) is 5.32 Å². The van der Waals surface area contributed by atoms with E-state index in [0.29, 0.717) is 6.04 Å². The van der Waals surface area contributed by atoms with E-state index in [1.165, 1.54) is 24.2 Å². The van der Waals surface area contributed by atoms with Gasteiger partial charge >= 0.3 is 0 Å². The summed E-state index contributed by atoms with van der Waals surface area (Å²) in [5, 5.41) is 8.44. The first-order chi connectivity index (χ1) is 6.97. The molecule has 1 aliphatic rings. The van der Waals surface area contributed by atoms with E-state index in [4.69, 9.17) is 5.14 Å². The molecule has 2 rings (SSSR count). The first-order valence-electron chi connectivity index (χ1n) is 4.82. The molecule has 0 aliphatic heterocycles. The number of sulfonamides is 1.